The lowest BCUT2D eigenvalue weighted by Gasteiger charge is -2.14. The molecule has 1 aliphatic rings. The Bertz CT molecular complexity index is 1020. The molecule has 0 spiro atoms. The van der Waals surface area contributed by atoms with Gasteiger partial charge in [0.2, 0.25) is 5.91 Å². The highest BCUT2D eigenvalue weighted by atomic mass is 35.5. The van der Waals surface area contributed by atoms with Gasteiger partial charge in [-0.25, -0.2) is 14.6 Å². The van der Waals surface area contributed by atoms with Crippen LogP contribution < -0.4 is 4.90 Å². The molecular formula is C19H11Cl2N3O3. The van der Waals surface area contributed by atoms with E-state index in [9.17, 15) is 14.4 Å². The number of nitriles is 1. The van der Waals surface area contributed by atoms with Crippen LogP contribution in [0.1, 0.15) is 18.1 Å². The molecule has 0 saturated carbocycles. The number of hydrogen-bond acceptors (Lipinski definition) is 4. The van der Waals surface area contributed by atoms with Crippen LogP contribution in [0.3, 0.4) is 0 Å². The molecule has 134 valence electrons. The smallest absolute Gasteiger partial charge is 0.274 e. The Kier molecular flexibility index (Phi) is 5.00. The third kappa shape index (κ3) is 3.56. The van der Waals surface area contributed by atoms with Crippen molar-refractivity contribution in [1.82, 2.24) is 4.90 Å². The maximum atomic E-state index is 12.9. The van der Waals surface area contributed by atoms with E-state index in [0.29, 0.717) is 11.1 Å². The molecule has 0 aromatic heterocycles. The molecule has 0 N–H and O–H groups in total. The Morgan fingerprint density at radius 2 is 1.67 bits per heavy atom. The topological polar surface area (TPSA) is 81.5 Å². The second kappa shape index (κ2) is 7.23. The lowest BCUT2D eigenvalue weighted by molar-refractivity contribution is -0.125. The lowest BCUT2D eigenvalue weighted by atomic mass is 10.1. The summed E-state index contributed by atoms with van der Waals surface area (Å²) in [6.45, 7) is 1.19. The largest absolute Gasteiger partial charge is 0.343 e. The Balaban J connectivity index is 2.09. The summed E-state index contributed by atoms with van der Waals surface area (Å²) >= 11 is 11.9. The number of anilines is 1. The molecule has 8 heteroatoms. The SMILES string of the molecule is CC(=O)N1C(=O)N(c2cc(Cl)cc(Cl)c2)C(=O)C1=Cc1ccc(C#N)cc1. The van der Waals surface area contributed by atoms with Gasteiger partial charge in [0.05, 0.1) is 17.3 Å². The highest BCUT2D eigenvalue weighted by Gasteiger charge is 2.44. The number of hydrogen-bond donors (Lipinski definition) is 0. The molecule has 1 aliphatic heterocycles. The van der Waals surface area contributed by atoms with Crippen LogP contribution in [0.2, 0.25) is 10.0 Å². The van der Waals surface area contributed by atoms with Gasteiger partial charge in [-0.2, -0.15) is 5.26 Å². The van der Waals surface area contributed by atoms with Crippen molar-refractivity contribution in [2.75, 3.05) is 4.90 Å². The van der Waals surface area contributed by atoms with Crippen molar-refractivity contribution in [2.45, 2.75) is 6.92 Å². The summed E-state index contributed by atoms with van der Waals surface area (Å²) in [5.74, 6) is -1.29. The van der Waals surface area contributed by atoms with Gasteiger partial charge in [0.1, 0.15) is 5.70 Å². The highest BCUT2D eigenvalue weighted by molar-refractivity contribution is 6.37. The number of benzene rings is 2. The molecule has 2 aromatic carbocycles. The second-order valence-electron chi connectivity index (χ2n) is 5.67. The first-order valence-electron chi connectivity index (χ1n) is 7.69. The standard InChI is InChI=1S/C19H11Cl2N3O3/c1-11(25)23-17(6-12-2-4-13(10-22)5-3-12)18(26)24(19(23)27)16-8-14(20)7-15(21)9-16/h2-9H,1H3. The molecule has 3 rings (SSSR count). The Labute approximate surface area is 164 Å². The minimum Gasteiger partial charge on any atom is -0.274 e. The van der Waals surface area contributed by atoms with E-state index < -0.39 is 17.8 Å². The van der Waals surface area contributed by atoms with Gasteiger partial charge in [-0.1, -0.05) is 35.3 Å². The minimum absolute atomic E-state index is 0.103. The number of nitrogens with zero attached hydrogens (tertiary/aromatic N) is 3. The zero-order valence-corrected chi connectivity index (χ0v) is 15.5. The van der Waals surface area contributed by atoms with Crippen molar-refractivity contribution >= 4 is 52.8 Å². The van der Waals surface area contributed by atoms with Crippen molar-refractivity contribution in [3.8, 4) is 6.07 Å². The van der Waals surface area contributed by atoms with Crippen LogP contribution >= 0.6 is 23.2 Å². The Morgan fingerprint density at radius 3 is 2.19 bits per heavy atom. The average Bonchev–Trinajstić information content (AvgIpc) is 2.85. The summed E-state index contributed by atoms with van der Waals surface area (Å²) in [6.07, 6.45) is 1.41. The Hall–Kier alpha value is -3.14. The molecule has 1 saturated heterocycles. The summed E-state index contributed by atoms with van der Waals surface area (Å²) in [7, 11) is 0. The van der Waals surface area contributed by atoms with E-state index in [-0.39, 0.29) is 21.4 Å². The molecule has 0 bridgehead atoms. The average molecular weight is 400 g/mol. The van der Waals surface area contributed by atoms with Crippen molar-refractivity contribution in [2.24, 2.45) is 0 Å². The van der Waals surface area contributed by atoms with Crippen LogP contribution in [0.4, 0.5) is 10.5 Å². The first-order valence-corrected chi connectivity index (χ1v) is 8.44. The van der Waals surface area contributed by atoms with Crippen LogP contribution in [-0.4, -0.2) is 22.7 Å². The monoisotopic (exact) mass is 399 g/mol. The first-order chi connectivity index (χ1) is 12.8. The third-order valence-corrected chi connectivity index (χ3v) is 4.25. The number of carbonyl (C=O) groups excluding carboxylic acids is 3. The molecule has 0 unspecified atom stereocenters. The van der Waals surface area contributed by atoms with Crippen LogP contribution in [0.25, 0.3) is 6.08 Å². The number of amides is 4. The van der Waals surface area contributed by atoms with Gasteiger partial charge in [0, 0.05) is 17.0 Å². The fourth-order valence-corrected chi connectivity index (χ4v) is 3.15. The van der Waals surface area contributed by atoms with Gasteiger partial charge in [0.15, 0.2) is 0 Å². The number of imide groups is 2. The molecule has 0 aliphatic carbocycles. The van der Waals surface area contributed by atoms with Crippen molar-refractivity contribution in [1.29, 1.82) is 5.26 Å². The maximum Gasteiger partial charge on any atom is 0.343 e. The molecule has 0 radical (unpaired) electrons. The fourth-order valence-electron chi connectivity index (χ4n) is 2.64. The van der Waals surface area contributed by atoms with E-state index in [0.717, 1.165) is 9.80 Å². The van der Waals surface area contributed by atoms with Crippen LogP contribution in [0.15, 0.2) is 48.2 Å². The van der Waals surface area contributed by atoms with E-state index >= 15 is 0 Å². The van der Waals surface area contributed by atoms with Crippen molar-refractivity contribution < 1.29 is 14.4 Å². The van der Waals surface area contributed by atoms with Gasteiger partial charge < -0.3 is 0 Å². The van der Waals surface area contributed by atoms with Crippen molar-refractivity contribution in [3.05, 3.63) is 69.3 Å². The van der Waals surface area contributed by atoms with Crippen LogP contribution in [-0.2, 0) is 9.59 Å². The maximum absolute atomic E-state index is 12.9. The molecule has 4 amide bonds. The molecular weight excluding hydrogens is 389 g/mol. The van der Waals surface area contributed by atoms with E-state index in [1.807, 2.05) is 6.07 Å². The van der Waals surface area contributed by atoms with Gasteiger partial charge in [0.25, 0.3) is 5.91 Å². The zero-order valence-electron chi connectivity index (χ0n) is 13.9. The zero-order chi connectivity index (χ0) is 19.7. The summed E-state index contributed by atoms with van der Waals surface area (Å²) in [6, 6.07) is 11.8. The lowest BCUT2D eigenvalue weighted by Crippen LogP contribution is -2.35. The highest BCUT2D eigenvalue weighted by Crippen LogP contribution is 2.32. The van der Waals surface area contributed by atoms with Gasteiger partial charge >= 0.3 is 6.03 Å². The molecule has 2 aromatic rings. The second-order valence-corrected chi connectivity index (χ2v) is 6.54. The predicted octanol–water partition coefficient (Wildman–Crippen LogP) is 4.22. The number of halogens is 2. The molecule has 27 heavy (non-hydrogen) atoms. The van der Waals surface area contributed by atoms with E-state index in [2.05, 4.69) is 0 Å². The summed E-state index contributed by atoms with van der Waals surface area (Å²) < 4.78 is 0. The van der Waals surface area contributed by atoms with E-state index in [4.69, 9.17) is 28.5 Å². The molecule has 1 heterocycles. The van der Waals surface area contributed by atoms with E-state index in [1.165, 1.54) is 31.2 Å². The van der Waals surface area contributed by atoms with Crippen LogP contribution in [0, 0.1) is 11.3 Å². The predicted molar refractivity (Wildman–Crippen MR) is 101 cm³/mol. The normalized spacial score (nSPS) is 15.4. The number of rotatable bonds is 2. The quantitative estimate of drug-likeness (QED) is 0.558. The molecule has 6 nitrogen and oxygen atoms in total. The first kappa shape index (κ1) is 18.6. The van der Waals surface area contributed by atoms with Gasteiger partial charge in [-0.05, 0) is 42.0 Å². The van der Waals surface area contributed by atoms with Gasteiger partial charge in [-0.3, -0.25) is 9.59 Å². The number of urea groups is 1. The summed E-state index contributed by atoms with van der Waals surface area (Å²) in [5, 5.41) is 9.36. The van der Waals surface area contributed by atoms with Crippen molar-refractivity contribution in [3.63, 3.8) is 0 Å². The third-order valence-electron chi connectivity index (χ3n) is 3.81. The Morgan fingerprint density at radius 1 is 1.07 bits per heavy atom. The van der Waals surface area contributed by atoms with E-state index in [1.54, 1.807) is 24.3 Å². The van der Waals surface area contributed by atoms with Gasteiger partial charge in [-0.15, -0.1) is 0 Å². The minimum atomic E-state index is -0.814. The summed E-state index contributed by atoms with van der Waals surface area (Å²) in [5.41, 5.74) is 1.07. The van der Waals surface area contributed by atoms with Crippen LogP contribution in [0.5, 0.6) is 0 Å². The fraction of sp³-hybridized carbons (Fsp3) is 0.0526. The summed E-state index contributed by atoms with van der Waals surface area (Å²) in [4.78, 5) is 39.2. The molecule has 1 fully saturated rings. The number of carbonyl (C=O) groups is 3. The molecule has 0 atom stereocenters.